The second-order valence-electron chi connectivity index (χ2n) is 6.69. The smallest absolute Gasteiger partial charge is 0.224 e. The third-order valence-electron chi connectivity index (χ3n) is 4.25. The zero-order valence-corrected chi connectivity index (χ0v) is 13.1. The monoisotopic (exact) mass is 289 g/mol. The van der Waals surface area contributed by atoms with Crippen molar-refractivity contribution in [1.29, 1.82) is 0 Å². The summed E-state index contributed by atoms with van der Waals surface area (Å²) in [6.45, 7) is 7.61. The van der Waals surface area contributed by atoms with E-state index in [2.05, 4.69) is 40.5 Å². The number of carbonyl (C=O) groups is 1. The lowest BCUT2D eigenvalue weighted by atomic mass is 9.92. The molecule has 1 heterocycles. The summed E-state index contributed by atoms with van der Waals surface area (Å²) in [4.78, 5) is 13.9. The molecule has 3 N–H and O–H groups in total. The Morgan fingerprint density at radius 1 is 1.38 bits per heavy atom. The number of nitrogens with one attached hydrogen (secondary N) is 1. The van der Waals surface area contributed by atoms with Crippen molar-refractivity contribution in [2.45, 2.75) is 39.3 Å². The van der Waals surface area contributed by atoms with Crippen molar-refractivity contribution in [3.05, 3.63) is 35.9 Å². The number of nitrogens with two attached hydrogens (primary N) is 1. The first-order valence-corrected chi connectivity index (χ1v) is 7.77. The van der Waals surface area contributed by atoms with E-state index in [1.807, 2.05) is 13.8 Å². The molecule has 0 saturated carbocycles. The van der Waals surface area contributed by atoms with Gasteiger partial charge in [-0.05, 0) is 38.8 Å². The Hall–Kier alpha value is -1.39. The number of benzene rings is 1. The summed E-state index contributed by atoms with van der Waals surface area (Å²) in [5, 5.41) is 3.52. The molecule has 1 aliphatic rings. The zero-order valence-electron chi connectivity index (χ0n) is 13.1. The number of rotatable bonds is 6. The summed E-state index contributed by atoms with van der Waals surface area (Å²) in [5.74, 6) is -0.244. The minimum absolute atomic E-state index is 0.244. The maximum absolute atomic E-state index is 11.4. The van der Waals surface area contributed by atoms with Crippen LogP contribution in [0.15, 0.2) is 30.3 Å². The number of amides is 1. The minimum atomic E-state index is -0.484. The molecular weight excluding hydrogens is 262 g/mol. The second-order valence-corrected chi connectivity index (χ2v) is 6.69. The molecule has 116 valence electrons. The summed E-state index contributed by atoms with van der Waals surface area (Å²) >= 11 is 0. The van der Waals surface area contributed by atoms with Crippen LogP contribution in [0.25, 0.3) is 0 Å². The summed E-state index contributed by atoms with van der Waals surface area (Å²) in [6, 6.07) is 11.0. The van der Waals surface area contributed by atoms with Gasteiger partial charge < -0.3 is 11.1 Å². The Labute approximate surface area is 127 Å². The molecule has 0 aliphatic carbocycles. The Bertz CT molecular complexity index is 458. The van der Waals surface area contributed by atoms with Crippen molar-refractivity contribution >= 4 is 5.91 Å². The molecule has 1 aliphatic heterocycles. The molecule has 2 rings (SSSR count). The van der Waals surface area contributed by atoms with Crippen LogP contribution in [0.3, 0.4) is 0 Å². The Balaban J connectivity index is 1.82. The molecule has 0 radical (unpaired) electrons. The topological polar surface area (TPSA) is 58.4 Å². The largest absolute Gasteiger partial charge is 0.369 e. The predicted octanol–water partition coefficient (Wildman–Crippen LogP) is 1.75. The molecule has 1 aromatic rings. The Kier molecular flexibility index (Phi) is 5.37. The summed E-state index contributed by atoms with van der Waals surface area (Å²) in [6.07, 6.45) is 2.36. The van der Waals surface area contributed by atoms with Gasteiger partial charge in [0, 0.05) is 25.7 Å². The van der Waals surface area contributed by atoms with Gasteiger partial charge in [-0.15, -0.1) is 0 Å². The Morgan fingerprint density at radius 3 is 2.76 bits per heavy atom. The van der Waals surface area contributed by atoms with E-state index in [1.165, 1.54) is 18.4 Å². The van der Waals surface area contributed by atoms with Gasteiger partial charge in [-0.2, -0.15) is 0 Å². The lowest BCUT2D eigenvalue weighted by Gasteiger charge is -2.35. The fraction of sp³-hybridized carbons (Fsp3) is 0.588. The lowest BCUT2D eigenvalue weighted by Crippen LogP contribution is -2.49. The van der Waals surface area contributed by atoms with Crippen LogP contribution in [0.4, 0.5) is 0 Å². The first kappa shape index (κ1) is 16.0. The van der Waals surface area contributed by atoms with Crippen LogP contribution in [0, 0.1) is 5.41 Å². The highest BCUT2D eigenvalue weighted by Gasteiger charge is 2.27. The van der Waals surface area contributed by atoms with Gasteiger partial charge in [-0.25, -0.2) is 0 Å². The number of nitrogens with zero attached hydrogens (tertiary/aromatic N) is 1. The molecule has 4 nitrogen and oxygen atoms in total. The van der Waals surface area contributed by atoms with Crippen molar-refractivity contribution in [1.82, 2.24) is 10.2 Å². The van der Waals surface area contributed by atoms with Gasteiger partial charge in [0.25, 0.3) is 0 Å². The summed E-state index contributed by atoms with van der Waals surface area (Å²) < 4.78 is 0. The van der Waals surface area contributed by atoms with Crippen molar-refractivity contribution in [3.63, 3.8) is 0 Å². The molecule has 1 saturated heterocycles. The third kappa shape index (κ3) is 4.83. The van der Waals surface area contributed by atoms with Gasteiger partial charge in [0.05, 0.1) is 5.41 Å². The van der Waals surface area contributed by atoms with Gasteiger partial charge >= 0.3 is 0 Å². The van der Waals surface area contributed by atoms with Gasteiger partial charge in [-0.1, -0.05) is 30.3 Å². The van der Waals surface area contributed by atoms with Crippen LogP contribution >= 0.6 is 0 Å². The van der Waals surface area contributed by atoms with E-state index in [4.69, 9.17) is 5.73 Å². The maximum Gasteiger partial charge on any atom is 0.224 e. The normalized spacial score (nSPS) is 20.4. The van der Waals surface area contributed by atoms with E-state index < -0.39 is 5.41 Å². The molecule has 21 heavy (non-hydrogen) atoms. The molecular formula is C17H27N3O. The quantitative estimate of drug-likeness (QED) is 0.839. The number of hydrogen-bond acceptors (Lipinski definition) is 3. The van der Waals surface area contributed by atoms with Crippen molar-refractivity contribution in [2.24, 2.45) is 11.1 Å². The van der Waals surface area contributed by atoms with Crippen LogP contribution in [-0.2, 0) is 11.3 Å². The number of likely N-dealkylation sites (tertiary alicyclic amines) is 1. The van der Waals surface area contributed by atoms with Crippen LogP contribution in [-0.4, -0.2) is 36.5 Å². The second kappa shape index (κ2) is 7.05. The fourth-order valence-electron chi connectivity index (χ4n) is 2.69. The van der Waals surface area contributed by atoms with Crippen molar-refractivity contribution < 1.29 is 4.79 Å². The van der Waals surface area contributed by atoms with Crippen LogP contribution in [0.5, 0.6) is 0 Å². The van der Waals surface area contributed by atoms with Crippen LogP contribution in [0.1, 0.15) is 32.3 Å². The van der Waals surface area contributed by atoms with Crippen molar-refractivity contribution in [3.8, 4) is 0 Å². The average molecular weight is 289 g/mol. The van der Waals surface area contributed by atoms with Gasteiger partial charge in [0.15, 0.2) is 0 Å². The first-order valence-electron chi connectivity index (χ1n) is 7.77. The highest BCUT2D eigenvalue weighted by molar-refractivity contribution is 5.80. The minimum Gasteiger partial charge on any atom is -0.369 e. The number of carbonyl (C=O) groups excluding carboxylic acids is 1. The number of hydrogen-bond donors (Lipinski definition) is 2. The van der Waals surface area contributed by atoms with E-state index >= 15 is 0 Å². The predicted molar refractivity (Wildman–Crippen MR) is 85.7 cm³/mol. The van der Waals surface area contributed by atoms with E-state index in [9.17, 15) is 4.79 Å². The fourth-order valence-corrected chi connectivity index (χ4v) is 2.69. The van der Waals surface area contributed by atoms with E-state index in [-0.39, 0.29) is 5.91 Å². The van der Waals surface area contributed by atoms with Crippen molar-refractivity contribution in [2.75, 3.05) is 19.6 Å². The standard InChI is InChI=1S/C17H27N3O/c1-17(2,16(18)21)13-19-15-9-6-10-20(12-15)11-14-7-4-3-5-8-14/h3-5,7-8,15,19H,6,9-13H2,1-2H3,(H2,18,21). The molecule has 1 atom stereocenters. The van der Waals surface area contributed by atoms with Crippen LogP contribution in [0.2, 0.25) is 0 Å². The third-order valence-corrected chi connectivity index (χ3v) is 4.25. The molecule has 0 aromatic heterocycles. The number of primary amides is 1. The van der Waals surface area contributed by atoms with Crippen LogP contribution < -0.4 is 11.1 Å². The molecule has 1 fully saturated rings. The van der Waals surface area contributed by atoms with E-state index in [0.29, 0.717) is 12.6 Å². The SMILES string of the molecule is CC(C)(CNC1CCCN(Cc2ccccc2)C1)C(N)=O. The molecule has 1 amide bonds. The molecule has 1 aromatic carbocycles. The lowest BCUT2D eigenvalue weighted by molar-refractivity contribution is -0.125. The number of piperidine rings is 1. The average Bonchev–Trinajstić information content (AvgIpc) is 2.47. The molecule has 4 heteroatoms. The molecule has 0 spiro atoms. The van der Waals surface area contributed by atoms with E-state index in [1.54, 1.807) is 0 Å². The Morgan fingerprint density at radius 2 is 2.10 bits per heavy atom. The first-order chi connectivity index (χ1) is 9.97. The van der Waals surface area contributed by atoms with Gasteiger partial charge in [0.1, 0.15) is 0 Å². The summed E-state index contributed by atoms with van der Waals surface area (Å²) in [5.41, 5.74) is 6.30. The zero-order chi connectivity index (χ0) is 15.3. The van der Waals surface area contributed by atoms with Gasteiger partial charge in [-0.3, -0.25) is 9.69 Å². The molecule has 0 bridgehead atoms. The highest BCUT2D eigenvalue weighted by atomic mass is 16.1. The van der Waals surface area contributed by atoms with Gasteiger partial charge in [0.2, 0.25) is 5.91 Å². The maximum atomic E-state index is 11.4. The van der Waals surface area contributed by atoms with E-state index in [0.717, 1.165) is 19.6 Å². The highest BCUT2D eigenvalue weighted by Crippen LogP contribution is 2.16. The summed E-state index contributed by atoms with van der Waals surface area (Å²) in [7, 11) is 0. The molecule has 1 unspecified atom stereocenters.